The second kappa shape index (κ2) is 12.0. The number of benzene rings is 1. The van der Waals surface area contributed by atoms with E-state index < -0.39 is 0 Å². The summed E-state index contributed by atoms with van der Waals surface area (Å²) in [7, 11) is 1.83. The standard InChI is InChI=1S/C23H38N4O2/c1-19-9-10-20(22(17-19)29-21-7-3-4-8-21)18-26-23(24-2)25-11-5-6-12-27-13-15-28-16-14-27/h9-10,17,21H,3-8,11-16,18H2,1-2H3,(H2,24,25,26). The summed E-state index contributed by atoms with van der Waals surface area (Å²) in [6.45, 7) is 8.81. The SMILES string of the molecule is CN=C(NCCCCN1CCOCC1)NCc1ccc(C)cc1OC1CCCC1. The Kier molecular flexibility index (Phi) is 9.09. The molecule has 1 aliphatic heterocycles. The van der Waals surface area contributed by atoms with E-state index in [1.54, 1.807) is 0 Å². The van der Waals surface area contributed by atoms with Crippen LogP contribution in [0.15, 0.2) is 23.2 Å². The van der Waals surface area contributed by atoms with Crippen molar-refractivity contribution in [2.75, 3.05) is 46.4 Å². The van der Waals surface area contributed by atoms with Gasteiger partial charge in [-0.05, 0) is 63.6 Å². The van der Waals surface area contributed by atoms with Gasteiger partial charge in [0.2, 0.25) is 0 Å². The lowest BCUT2D eigenvalue weighted by atomic mass is 10.1. The molecule has 3 rings (SSSR count). The molecule has 2 fully saturated rings. The van der Waals surface area contributed by atoms with Crippen LogP contribution < -0.4 is 15.4 Å². The zero-order valence-corrected chi connectivity index (χ0v) is 18.2. The normalized spacial score (nSPS) is 18.8. The Morgan fingerprint density at radius 2 is 1.97 bits per heavy atom. The fourth-order valence-corrected chi connectivity index (χ4v) is 3.99. The third-order valence-electron chi connectivity index (χ3n) is 5.79. The molecule has 1 aromatic carbocycles. The van der Waals surface area contributed by atoms with Crippen LogP contribution in [0.5, 0.6) is 5.75 Å². The van der Waals surface area contributed by atoms with E-state index in [4.69, 9.17) is 9.47 Å². The molecule has 0 radical (unpaired) electrons. The summed E-state index contributed by atoms with van der Waals surface area (Å²) in [5.74, 6) is 1.87. The van der Waals surface area contributed by atoms with Crippen LogP contribution in [-0.2, 0) is 11.3 Å². The highest BCUT2D eigenvalue weighted by molar-refractivity contribution is 5.79. The van der Waals surface area contributed by atoms with Gasteiger partial charge in [-0.2, -0.15) is 0 Å². The summed E-state index contributed by atoms with van der Waals surface area (Å²) in [6.07, 6.45) is 7.63. The van der Waals surface area contributed by atoms with Gasteiger partial charge >= 0.3 is 0 Å². The molecule has 2 aliphatic rings. The molecule has 0 bridgehead atoms. The van der Waals surface area contributed by atoms with Crippen molar-refractivity contribution in [3.8, 4) is 5.75 Å². The quantitative estimate of drug-likeness (QED) is 0.378. The summed E-state index contributed by atoms with van der Waals surface area (Å²) < 4.78 is 11.7. The molecular formula is C23H38N4O2. The van der Waals surface area contributed by atoms with E-state index in [2.05, 4.69) is 45.6 Å². The Labute approximate surface area is 176 Å². The van der Waals surface area contributed by atoms with Crippen LogP contribution in [0.3, 0.4) is 0 Å². The zero-order chi connectivity index (χ0) is 20.3. The van der Waals surface area contributed by atoms with E-state index in [0.29, 0.717) is 6.10 Å². The molecule has 0 aromatic heterocycles. The molecule has 162 valence electrons. The Morgan fingerprint density at radius 3 is 2.72 bits per heavy atom. The van der Waals surface area contributed by atoms with Gasteiger partial charge in [-0.1, -0.05) is 12.1 Å². The first-order chi connectivity index (χ1) is 14.2. The Morgan fingerprint density at radius 1 is 1.17 bits per heavy atom. The Bertz CT molecular complexity index is 638. The summed E-state index contributed by atoms with van der Waals surface area (Å²) in [6, 6.07) is 6.49. The fourth-order valence-electron chi connectivity index (χ4n) is 3.99. The minimum absolute atomic E-state index is 0.374. The van der Waals surface area contributed by atoms with Gasteiger partial charge in [-0.15, -0.1) is 0 Å². The summed E-state index contributed by atoms with van der Waals surface area (Å²) in [4.78, 5) is 6.85. The minimum atomic E-state index is 0.374. The van der Waals surface area contributed by atoms with Gasteiger partial charge in [0.15, 0.2) is 5.96 Å². The molecule has 1 saturated carbocycles. The molecule has 6 heteroatoms. The monoisotopic (exact) mass is 402 g/mol. The topological polar surface area (TPSA) is 58.1 Å². The Balaban J connectivity index is 1.39. The van der Waals surface area contributed by atoms with Crippen LogP contribution in [0.25, 0.3) is 0 Å². The highest BCUT2D eigenvalue weighted by Crippen LogP contribution is 2.27. The van der Waals surface area contributed by atoms with Gasteiger partial charge in [0.1, 0.15) is 5.75 Å². The van der Waals surface area contributed by atoms with E-state index in [-0.39, 0.29) is 0 Å². The number of aliphatic imine (C=N–C) groups is 1. The van der Waals surface area contributed by atoms with E-state index >= 15 is 0 Å². The molecule has 1 aliphatic carbocycles. The number of ether oxygens (including phenoxy) is 2. The molecule has 29 heavy (non-hydrogen) atoms. The minimum Gasteiger partial charge on any atom is -0.490 e. The third kappa shape index (κ3) is 7.52. The van der Waals surface area contributed by atoms with Crippen molar-refractivity contribution >= 4 is 5.96 Å². The number of nitrogens with one attached hydrogen (secondary N) is 2. The molecule has 1 aromatic rings. The Hall–Kier alpha value is -1.79. The molecule has 1 saturated heterocycles. The van der Waals surface area contributed by atoms with E-state index in [0.717, 1.165) is 64.1 Å². The lowest BCUT2D eigenvalue weighted by Gasteiger charge is -2.26. The van der Waals surface area contributed by atoms with Crippen LogP contribution in [0.4, 0.5) is 0 Å². The highest BCUT2D eigenvalue weighted by Gasteiger charge is 2.18. The maximum Gasteiger partial charge on any atom is 0.191 e. The number of morpholine rings is 1. The molecule has 6 nitrogen and oxygen atoms in total. The smallest absolute Gasteiger partial charge is 0.191 e. The van der Waals surface area contributed by atoms with Crippen molar-refractivity contribution in [2.45, 2.75) is 58.1 Å². The number of rotatable bonds is 9. The van der Waals surface area contributed by atoms with Gasteiger partial charge in [0.05, 0.1) is 19.3 Å². The zero-order valence-electron chi connectivity index (χ0n) is 18.2. The van der Waals surface area contributed by atoms with Crippen LogP contribution in [-0.4, -0.2) is 63.4 Å². The number of hydrogen-bond acceptors (Lipinski definition) is 4. The van der Waals surface area contributed by atoms with Gasteiger partial charge in [-0.25, -0.2) is 0 Å². The number of guanidine groups is 1. The van der Waals surface area contributed by atoms with Gasteiger partial charge in [0, 0.05) is 38.8 Å². The number of nitrogens with zero attached hydrogens (tertiary/aromatic N) is 2. The number of hydrogen-bond donors (Lipinski definition) is 2. The van der Waals surface area contributed by atoms with E-state index in [9.17, 15) is 0 Å². The largest absolute Gasteiger partial charge is 0.490 e. The van der Waals surface area contributed by atoms with Gasteiger partial charge in [0.25, 0.3) is 0 Å². The van der Waals surface area contributed by atoms with Crippen molar-refractivity contribution in [2.24, 2.45) is 4.99 Å². The summed E-state index contributed by atoms with van der Waals surface area (Å²) in [5, 5.41) is 6.88. The van der Waals surface area contributed by atoms with Crippen LogP contribution >= 0.6 is 0 Å². The summed E-state index contributed by atoms with van der Waals surface area (Å²) >= 11 is 0. The fraction of sp³-hybridized carbons (Fsp3) is 0.696. The van der Waals surface area contributed by atoms with Crippen molar-refractivity contribution < 1.29 is 9.47 Å². The van der Waals surface area contributed by atoms with Crippen molar-refractivity contribution in [3.05, 3.63) is 29.3 Å². The maximum absolute atomic E-state index is 6.31. The van der Waals surface area contributed by atoms with Crippen molar-refractivity contribution in [1.29, 1.82) is 0 Å². The van der Waals surface area contributed by atoms with Crippen LogP contribution in [0, 0.1) is 6.92 Å². The van der Waals surface area contributed by atoms with Crippen LogP contribution in [0.1, 0.15) is 49.7 Å². The molecular weight excluding hydrogens is 364 g/mol. The average Bonchev–Trinajstić information content (AvgIpc) is 3.25. The molecule has 0 amide bonds. The number of unbranched alkanes of at least 4 members (excludes halogenated alkanes) is 1. The van der Waals surface area contributed by atoms with E-state index in [1.165, 1.54) is 43.2 Å². The predicted molar refractivity (Wildman–Crippen MR) is 119 cm³/mol. The molecule has 0 spiro atoms. The molecule has 0 unspecified atom stereocenters. The summed E-state index contributed by atoms with van der Waals surface area (Å²) in [5.41, 5.74) is 2.43. The van der Waals surface area contributed by atoms with Gasteiger partial charge in [-0.3, -0.25) is 9.89 Å². The first-order valence-corrected chi connectivity index (χ1v) is 11.3. The lowest BCUT2D eigenvalue weighted by molar-refractivity contribution is 0.0372. The van der Waals surface area contributed by atoms with E-state index in [1.807, 2.05) is 7.05 Å². The molecule has 1 heterocycles. The predicted octanol–water partition coefficient (Wildman–Crippen LogP) is 3.09. The van der Waals surface area contributed by atoms with Crippen molar-refractivity contribution in [3.63, 3.8) is 0 Å². The second-order valence-corrected chi connectivity index (χ2v) is 8.15. The molecule has 0 atom stereocenters. The van der Waals surface area contributed by atoms with Gasteiger partial charge < -0.3 is 20.1 Å². The highest BCUT2D eigenvalue weighted by atomic mass is 16.5. The van der Waals surface area contributed by atoms with Crippen molar-refractivity contribution in [1.82, 2.24) is 15.5 Å². The first-order valence-electron chi connectivity index (χ1n) is 11.3. The number of aryl methyl sites for hydroxylation is 1. The third-order valence-corrected chi connectivity index (χ3v) is 5.79. The average molecular weight is 403 g/mol. The lowest BCUT2D eigenvalue weighted by Crippen LogP contribution is -2.38. The van der Waals surface area contributed by atoms with Crippen LogP contribution in [0.2, 0.25) is 0 Å². The second-order valence-electron chi connectivity index (χ2n) is 8.15. The molecule has 2 N–H and O–H groups in total. The maximum atomic E-state index is 6.31. The first kappa shape index (κ1) is 21.9.